The standard InChI is InChI=1S/C17H19BrClNO4/c1-17(2,3)24-16(21)20-9-10(18)6-13(20)12-7-11(19)8-14(22-4)15(12)23-5/h6-9H,1-5H3. The number of nitrogens with zero attached hydrogens (tertiary/aromatic N) is 1. The van der Waals surface area contributed by atoms with Crippen molar-refractivity contribution in [2.24, 2.45) is 0 Å². The van der Waals surface area contributed by atoms with E-state index in [4.69, 9.17) is 25.8 Å². The fourth-order valence-corrected chi connectivity index (χ4v) is 2.85. The van der Waals surface area contributed by atoms with Gasteiger partial charge in [0.2, 0.25) is 0 Å². The Balaban J connectivity index is 2.62. The lowest BCUT2D eigenvalue weighted by Gasteiger charge is -2.21. The van der Waals surface area contributed by atoms with Crippen molar-refractivity contribution in [2.75, 3.05) is 14.2 Å². The highest BCUT2D eigenvalue weighted by Gasteiger charge is 2.23. The Morgan fingerprint density at radius 3 is 2.38 bits per heavy atom. The van der Waals surface area contributed by atoms with Crippen molar-refractivity contribution in [1.82, 2.24) is 4.57 Å². The van der Waals surface area contributed by atoms with Crippen molar-refractivity contribution in [1.29, 1.82) is 0 Å². The van der Waals surface area contributed by atoms with Crippen LogP contribution < -0.4 is 9.47 Å². The summed E-state index contributed by atoms with van der Waals surface area (Å²) < 4.78 is 18.4. The van der Waals surface area contributed by atoms with Crippen LogP contribution in [0.1, 0.15) is 20.8 Å². The molecule has 130 valence electrons. The lowest BCUT2D eigenvalue weighted by atomic mass is 10.1. The molecule has 24 heavy (non-hydrogen) atoms. The van der Waals surface area contributed by atoms with Crippen LogP contribution in [0.3, 0.4) is 0 Å². The molecule has 0 atom stereocenters. The minimum absolute atomic E-state index is 0.468. The zero-order valence-corrected chi connectivity index (χ0v) is 16.5. The molecule has 0 saturated carbocycles. The molecular weight excluding hydrogens is 398 g/mol. The average molecular weight is 417 g/mol. The molecule has 0 spiro atoms. The third kappa shape index (κ3) is 4.05. The van der Waals surface area contributed by atoms with Gasteiger partial charge in [0.25, 0.3) is 0 Å². The second kappa shape index (κ2) is 7.07. The lowest BCUT2D eigenvalue weighted by Crippen LogP contribution is -2.27. The highest BCUT2D eigenvalue weighted by Crippen LogP contribution is 2.41. The van der Waals surface area contributed by atoms with Crippen LogP contribution >= 0.6 is 27.5 Å². The normalized spacial score (nSPS) is 11.3. The molecule has 0 radical (unpaired) electrons. The summed E-state index contributed by atoms with van der Waals surface area (Å²) in [5.41, 5.74) is 0.591. The molecule has 1 aromatic carbocycles. The van der Waals surface area contributed by atoms with E-state index < -0.39 is 11.7 Å². The summed E-state index contributed by atoms with van der Waals surface area (Å²) in [6, 6.07) is 5.16. The Labute approximate surface area is 154 Å². The molecular formula is C17H19BrClNO4. The van der Waals surface area contributed by atoms with Crippen molar-refractivity contribution in [3.63, 3.8) is 0 Å². The number of methoxy groups -OCH3 is 2. The average Bonchev–Trinajstić information content (AvgIpc) is 2.86. The minimum atomic E-state index is -0.610. The summed E-state index contributed by atoms with van der Waals surface area (Å²) in [5, 5.41) is 0.468. The summed E-state index contributed by atoms with van der Waals surface area (Å²) in [7, 11) is 3.06. The van der Waals surface area contributed by atoms with E-state index >= 15 is 0 Å². The molecule has 0 fully saturated rings. The van der Waals surface area contributed by atoms with Crippen molar-refractivity contribution in [3.05, 3.63) is 33.9 Å². The topological polar surface area (TPSA) is 49.7 Å². The van der Waals surface area contributed by atoms with Crippen LogP contribution in [0.4, 0.5) is 4.79 Å². The Hall–Kier alpha value is -1.66. The van der Waals surface area contributed by atoms with Crippen molar-refractivity contribution in [2.45, 2.75) is 26.4 Å². The van der Waals surface area contributed by atoms with Crippen LogP contribution in [0.15, 0.2) is 28.9 Å². The maximum atomic E-state index is 12.5. The van der Waals surface area contributed by atoms with Crippen LogP contribution in [-0.2, 0) is 4.74 Å². The molecule has 0 saturated heterocycles. The van der Waals surface area contributed by atoms with Gasteiger partial charge in [0.05, 0.1) is 19.9 Å². The van der Waals surface area contributed by atoms with Gasteiger partial charge in [-0.1, -0.05) is 11.6 Å². The van der Waals surface area contributed by atoms with Gasteiger partial charge < -0.3 is 14.2 Å². The summed E-state index contributed by atoms with van der Waals surface area (Å²) in [5.74, 6) is 0.963. The predicted molar refractivity (Wildman–Crippen MR) is 97.3 cm³/mol. The summed E-state index contributed by atoms with van der Waals surface area (Å²) in [6.07, 6.45) is 1.14. The molecule has 2 rings (SSSR count). The molecule has 0 aliphatic heterocycles. The molecule has 1 aromatic heterocycles. The Morgan fingerprint density at radius 2 is 1.83 bits per heavy atom. The maximum absolute atomic E-state index is 12.5. The SMILES string of the molecule is COc1cc(Cl)cc(-c2cc(Br)cn2C(=O)OC(C)(C)C)c1OC. The summed E-state index contributed by atoms with van der Waals surface area (Å²) in [6.45, 7) is 5.43. The van der Waals surface area contributed by atoms with Crippen molar-refractivity contribution < 1.29 is 19.0 Å². The van der Waals surface area contributed by atoms with E-state index in [0.717, 1.165) is 4.47 Å². The van der Waals surface area contributed by atoms with Crippen LogP contribution in [0.2, 0.25) is 5.02 Å². The molecule has 0 unspecified atom stereocenters. The molecule has 0 aliphatic rings. The molecule has 0 bridgehead atoms. The van der Waals surface area contributed by atoms with Gasteiger partial charge in [-0.05, 0) is 48.8 Å². The van der Waals surface area contributed by atoms with E-state index in [0.29, 0.717) is 27.8 Å². The van der Waals surface area contributed by atoms with Gasteiger partial charge in [0.1, 0.15) is 5.60 Å². The Kier molecular flexibility index (Phi) is 5.50. The fraction of sp³-hybridized carbons (Fsp3) is 0.353. The van der Waals surface area contributed by atoms with E-state index in [1.54, 1.807) is 24.4 Å². The molecule has 0 aliphatic carbocycles. The number of hydrogen-bond acceptors (Lipinski definition) is 4. The summed E-state index contributed by atoms with van der Waals surface area (Å²) in [4.78, 5) is 12.5. The van der Waals surface area contributed by atoms with Crippen LogP contribution in [0.25, 0.3) is 11.3 Å². The number of aromatic nitrogens is 1. The van der Waals surface area contributed by atoms with Gasteiger partial charge in [-0.15, -0.1) is 0 Å². The van der Waals surface area contributed by atoms with E-state index in [9.17, 15) is 4.79 Å². The van der Waals surface area contributed by atoms with E-state index in [-0.39, 0.29) is 0 Å². The number of carbonyl (C=O) groups is 1. The Bertz CT molecular complexity index is 765. The molecule has 0 amide bonds. The van der Waals surface area contributed by atoms with Gasteiger partial charge in [0.15, 0.2) is 11.5 Å². The molecule has 7 heteroatoms. The minimum Gasteiger partial charge on any atom is -0.493 e. The second-order valence-electron chi connectivity index (χ2n) is 6.08. The first kappa shape index (κ1) is 18.7. The maximum Gasteiger partial charge on any atom is 0.419 e. The molecule has 1 heterocycles. The smallest absolute Gasteiger partial charge is 0.419 e. The first-order valence-electron chi connectivity index (χ1n) is 7.19. The van der Waals surface area contributed by atoms with Gasteiger partial charge in [-0.3, -0.25) is 4.57 Å². The zero-order valence-electron chi connectivity index (χ0n) is 14.1. The van der Waals surface area contributed by atoms with Crippen molar-refractivity contribution >= 4 is 33.6 Å². The molecule has 5 nitrogen and oxygen atoms in total. The van der Waals surface area contributed by atoms with E-state index in [1.807, 2.05) is 20.8 Å². The van der Waals surface area contributed by atoms with E-state index in [1.165, 1.54) is 18.8 Å². The number of ether oxygens (including phenoxy) is 3. The monoisotopic (exact) mass is 415 g/mol. The summed E-state index contributed by atoms with van der Waals surface area (Å²) >= 11 is 9.58. The zero-order chi connectivity index (χ0) is 18.1. The third-order valence-corrected chi connectivity index (χ3v) is 3.75. The molecule has 0 N–H and O–H groups in total. The number of benzene rings is 1. The van der Waals surface area contributed by atoms with Gasteiger partial charge >= 0.3 is 6.09 Å². The fourth-order valence-electron chi connectivity index (χ4n) is 2.22. The second-order valence-corrected chi connectivity index (χ2v) is 7.43. The highest BCUT2D eigenvalue weighted by atomic mass is 79.9. The van der Waals surface area contributed by atoms with Gasteiger partial charge in [-0.2, -0.15) is 0 Å². The third-order valence-electron chi connectivity index (χ3n) is 3.10. The number of carbonyl (C=O) groups excluding carboxylic acids is 1. The lowest BCUT2D eigenvalue weighted by molar-refractivity contribution is 0.0540. The van der Waals surface area contributed by atoms with Crippen molar-refractivity contribution in [3.8, 4) is 22.8 Å². The number of rotatable bonds is 3. The molecule has 2 aromatic rings. The first-order chi connectivity index (χ1) is 11.2. The highest BCUT2D eigenvalue weighted by molar-refractivity contribution is 9.10. The number of hydrogen-bond donors (Lipinski definition) is 0. The largest absolute Gasteiger partial charge is 0.493 e. The van der Waals surface area contributed by atoms with Gasteiger partial charge in [0, 0.05) is 27.3 Å². The first-order valence-corrected chi connectivity index (χ1v) is 8.36. The number of halogens is 2. The van der Waals surface area contributed by atoms with Crippen LogP contribution in [-0.4, -0.2) is 30.5 Å². The van der Waals surface area contributed by atoms with Crippen LogP contribution in [0, 0.1) is 0 Å². The van der Waals surface area contributed by atoms with E-state index in [2.05, 4.69) is 15.9 Å². The Morgan fingerprint density at radius 1 is 1.17 bits per heavy atom. The predicted octanol–water partition coefficient (Wildman–Crippen LogP) is 5.37. The van der Waals surface area contributed by atoms with Gasteiger partial charge in [-0.25, -0.2) is 4.79 Å². The quantitative estimate of drug-likeness (QED) is 0.675. The van der Waals surface area contributed by atoms with Crippen LogP contribution in [0.5, 0.6) is 11.5 Å².